The number of aldehydes is 1. The lowest BCUT2D eigenvalue weighted by atomic mass is 9.98. The molecule has 0 unspecified atom stereocenters. The Hall–Kier alpha value is -3.57. The van der Waals surface area contributed by atoms with Crippen LogP contribution in [0.4, 0.5) is 0 Å². The van der Waals surface area contributed by atoms with Gasteiger partial charge < -0.3 is 14.6 Å². The summed E-state index contributed by atoms with van der Waals surface area (Å²) in [5, 5.41) is 4.68. The Kier molecular flexibility index (Phi) is 8.27. The first-order valence-electron chi connectivity index (χ1n) is 13.0. The molecule has 6 heteroatoms. The van der Waals surface area contributed by atoms with Gasteiger partial charge in [0.15, 0.2) is 12.4 Å². The minimum Gasteiger partial charge on any atom is -0.482 e. The summed E-state index contributed by atoms with van der Waals surface area (Å²) >= 11 is 6.66. The second-order valence-corrected chi connectivity index (χ2v) is 10.6. The minimum atomic E-state index is -0.578. The molecule has 0 saturated carbocycles. The van der Waals surface area contributed by atoms with Crippen molar-refractivity contribution in [1.29, 1.82) is 0 Å². The number of nitrogens with one attached hydrogen (secondary N) is 1. The zero-order chi connectivity index (χ0) is 27.6. The van der Waals surface area contributed by atoms with Gasteiger partial charge in [0.05, 0.1) is 11.1 Å². The summed E-state index contributed by atoms with van der Waals surface area (Å²) in [6.45, 7) is 12.7. The second-order valence-electron chi connectivity index (χ2n) is 10.2. The number of carbonyl (C=O) groups excluding carboxylic acids is 2. The lowest BCUT2D eigenvalue weighted by Gasteiger charge is -2.17. The van der Waals surface area contributed by atoms with Crippen molar-refractivity contribution in [3.05, 3.63) is 99.2 Å². The number of hydrogen-bond acceptors (Lipinski definition) is 3. The molecule has 0 aliphatic rings. The average Bonchev–Trinajstić information content (AvgIpc) is 3.14. The zero-order valence-electron chi connectivity index (χ0n) is 22.8. The van der Waals surface area contributed by atoms with Gasteiger partial charge in [-0.2, -0.15) is 0 Å². The first-order valence-corrected chi connectivity index (χ1v) is 13.4. The van der Waals surface area contributed by atoms with Crippen LogP contribution in [-0.4, -0.2) is 22.9 Å². The van der Waals surface area contributed by atoms with E-state index in [4.69, 9.17) is 16.3 Å². The normalized spacial score (nSPS) is 12.9. The van der Waals surface area contributed by atoms with Gasteiger partial charge in [-0.05, 0) is 80.1 Å². The number of hydrogen-bond donors (Lipinski definition) is 1. The summed E-state index contributed by atoms with van der Waals surface area (Å²) in [5.41, 5.74) is 7.10. The van der Waals surface area contributed by atoms with Gasteiger partial charge in [0, 0.05) is 28.7 Å². The van der Waals surface area contributed by atoms with Crippen molar-refractivity contribution in [1.82, 2.24) is 9.88 Å². The third-order valence-electron chi connectivity index (χ3n) is 7.20. The molecule has 198 valence electrons. The number of amides is 1. The van der Waals surface area contributed by atoms with Crippen LogP contribution in [0.15, 0.2) is 60.7 Å². The van der Waals surface area contributed by atoms with E-state index in [1.165, 1.54) is 5.56 Å². The van der Waals surface area contributed by atoms with E-state index in [1.807, 2.05) is 43.3 Å². The number of carbonyl (C=O) groups is 2. The Balaban J connectivity index is 1.60. The molecule has 0 saturated heterocycles. The van der Waals surface area contributed by atoms with Crippen LogP contribution in [0, 0.1) is 13.8 Å². The largest absolute Gasteiger partial charge is 0.482 e. The Morgan fingerprint density at radius 2 is 1.71 bits per heavy atom. The summed E-state index contributed by atoms with van der Waals surface area (Å²) in [6, 6.07) is 19.7. The van der Waals surface area contributed by atoms with Gasteiger partial charge in [-0.1, -0.05) is 61.8 Å². The SMILES string of the molecule is Cc1c(C)n(Cc2cccc(O[C@H](C)C=O)c2Cl)c2ccc(C(=O)N[C@@H](C)c3cccc(C(C)C)c3)cc12. The maximum Gasteiger partial charge on any atom is 0.251 e. The Morgan fingerprint density at radius 1 is 1.00 bits per heavy atom. The van der Waals surface area contributed by atoms with E-state index in [0.29, 0.717) is 28.8 Å². The topological polar surface area (TPSA) is 60.3 Å². The number of aromatic nitrogens is 1. The van der Waals surface area contributed by atoms with E-state index in [-0.39, 0.29) is 11.9 Å². The van der Waals surface area contributed by atoms with E-state index in [1.54, 1.807) is 13.0 Å². The third kappa shape index (κ3) is 5.63. The van der Waals surface area contributed by atoms with Crippen molar-refractivity contribution < 1.29 is 14.3 Å². The number of aryl methyl sites for hydroxylation is 1. The van der Waals surface area contributed by atoms with Gasteiger partial charge in [0.1, 0.15) is 5.75 Å². The van der Waals surface area contributed by atoms with E-state index < -0.39 is 6.10 Å². The first-order chi connectivity index (χ1) is 18.1. The molecule has 38 heavy (non-hydrogen) atoms. The summed E-state index contributed by atoms with van der Waals surface area (Å²) in [5.74, 6) is 0.818. The average molecular weight is 531 g/mol. The van der Waals surface area contributed by atoms with Gasteiger partial charge in [0.25, 0.3) is 5.91 Å². The van der Waals surface area contributed by atoms with Crippen LogP contribution in [0.2, 0.25) is 5.02 Å². The molecule has 1 N–H and O–H groups in total. The van der Waals surface area contributed by atoms with Crippen LogP contribution in [0.25, 0.3) is 10.9 Å². The highest BCUT2D eigenvalue weighted by molar-refractivity contribution is 6.32. The summed E-state index contributed by atoms with van der Waals surface area (Å²) in [6.07, 6.45) is 0.165. The van der Waals surface area contributed by atoms with Crippen molar-refractivity contribution in [2.75, 3.05) is 0 Å². The molecule has 4 aromatic rings. The first kappa shape index (κ1) is 27.5. The number of nitrogens with zero attached hydrogens (tertiary/aromatic N) is 1. The van der Waals surface area contributed by atoms with E-state index in [2.05, 4.69) is 55.8 Å². The molecule has 5 nitrogen and oxygen atoms in total. The quantitative estimate of drug-likeness (QED) is 0.227. The zero-order valence-corrected chi connectivity index (χ0v) is 23.6. The summed E-state index contributed by atoms with van der Waals surface area (Å²) < 4.78 is 7.86. The van der Waals surface area contributed by atoms with Crippen LogP contribution >= 0.6 is 11.6 Å². The number of fused-ring (bicyclic) bond motifs is 1. The maximum atomic E-state index is 13.2. The molecule has 1 amide bonds. The maximum absolute atomic E-state index is 13.2. The molecule has 0 radical (unpaired) electrons. The molecule has 0 bridgehead atoms. The minimum absolute atomic E-state index is 0.101. The van der Waals surface area contributed by atoms with Crippen molar-refractivity contribution in [2.45, 2.75) is 66.2 Å². The summed E-state index contributed by atoms with van der Waals surface area (Å²) in [4.78, 5) is 24.2. The van der Waals surface area contributed by atoms with Crippen LogP contribution in [-0.2, 0) is 11.3 Å². The van der Waals surface area contributed by atoms with Crippen LogP contribution in [0.3, 0.4) is 0 Å². The van der Waals surface area contributed by atoms with Gasteiger partial charge >= 0.3 is 0 Å². The molecule has 0 aliphatic carbocycles. The van der Waals surface area contributed by atoms with E-state index in [0.717, 1.165) is 39.6 Å². The molecular formula is C32H35ClN2O3. The Morgan fingerprint density at radius 3 is 2.42 bits per heavy atom. The predicted molar refractivity (Wildman–Crippen MR) is 155 cm³/mol. The Bertz CT molecular complexity index is 1490. The third-order valence-corrected chi connectivity index (χ3v) is 7.63. The highest BCUT2D eigenvalue weighted by Crippen LogP contribution is 2.33. The predicted octanol–water partition coefficient (Wildman–Crippen LogP) is 7.54. The molecule has 2 atom stereocenters. The van der Waals surface area contributed by atoms with Gasteiger partial charge in [-0.15, -0.1) is 0 Å². The van der Waals surface area contributed by atoms with Gasteiger partial charge in [-0.3, -0.25) is 9.59 Å². The van der Waals surface area contributed by atoms with E-state index >= 15 is 0 Å². The monoisotopic (exact) mass is 530 g/mol. The number of benzene rings is 3. The molecule has 0 spiro atoms. The van der Waals surface area contributed by atoms with Crippen LogP contribution in [0.5, 0.6) is 5.75 Å². The van der Waals surface area contributed by atoms with Crippen molar-refractivity contribution in [2.24, 2.45) is 0 Å². The van der Waals surface area contributed by atoms with Crippen molar-refractivity contribution in [3.63, 3.8) is 0 Å². The summed E-state index contributed by atoms with van der Waals surface area (Å²) in [7, 11) is 0. The fourth-order valence-electron chi connectivity index (χ4n) is 4.71. The van der Waals surface area contributed by atoms with Crippen molar-refractivity contribution >= 4 is 34.7 Å². The number of halogens is 1. The second kappa shape index (κ2) is 11.4. The molecule has 3 aromatic carbocycles. The number of ether oxygens (including phenoxy) is 1. The Labute approximate surface area is 229 Å². The van der Waals surface area contributed by atoms with E-state index in [9.17, 15) is 9.59 Å². The number of rotatable bonds is 9. The lowest BCUT2D eigenvalue weighted by molar-refractivity contribution is -0.113. The fraction of sp³-hybridized carbons (Fsp3) is 0.312. The van der Waals surface area contributed by atoms with Crippen molar-refractivity contribution in [3.8, 4) is 5.75 Å². The standard InChI is InChI=1S/C32H35ClN2O3/c1-19(2)24-9-7-10-25(15-24)22(5)34-32(37)26-13-14-29-28(16-26)21(4)23(6)35(29)17-27-11-8-12-30(31(27)33)38-20(3)18-36/h7-16,18-20,22H,17H2,1-6H3,(H,34,37)/t20-,22+/m1/s1. The highest BCUT2D eigenvalue weighted by atomic mass is 35.5. The molecule has 0 fully saturated rings. The fourth-order valence-corrected chi connectivity index (χ4v) is 4.94. The molecule has 4 rings (SSSR count). The van der Waals surface area contributed by atoms with Gasteiger partial charge in [0.2, 0.25) is 0 Å². The molecular weight excluding hydrogens is 496 g/mol. The van der Waals surface area contributed by atoms with Crippen LogP contribution < -0.4 is 10.1 Å². The smallest absolute Gasteiger partial charge is 0.251 e. The molecule has 0 aliphatic heterocycles. The van der Waals surface area contributed by atoms with Gasteiger partial charge in [-0.25, -0.2) is 0 Å². The molecule has 1 heterocycles. The molecule has 1 aromatic heterocycles. The lowest BCUT2D eigenvalue weighted by Crippen LogP contribution is -2.26. The highest BCUT2D eigenvalue weighted by Gasteiger charge is 2.18. The van der Waals surface area contributed by atoms with Crippen LogP contribution in [0.1, 0.15) is 78.0 Å².